The lowest BCUT2D eigenvalue weighted by Gasteiger charge is -2.24. The molecule has 1 unspecified atom stereocenters. The van der Waals surface area contributed by atoms with Gasteiger partial charge in [0.05, 0.1) is 9.79 Å². The van der Waals surface area contributed by atoms with E-state index in [2.05, 4.69) is 5.32 Å². The van der Waals surface area contributed by atoms with E-state index in [1.165, 1.54) is 22.5 Å². The first-order valence-electron chi connectivity index (χ1n) is 6.56. The zero-order valence-electron chi connectivity index (χ0n) is 11.7. The Hall–Kier alpha value is -1.00. The lowest BCUT2D eigenvalue weighted by Crippen LogP contribution is -2.40. The normalized spacial score (nSPS) is 20.8. The van der Waals surface area contributed by atoms with Crippen molar-refractivity contribution in [1.82, 2.24) is 9.62 Å². The van der Waals surface area contributed by atoms with Crippen molar-refractivity contribution in [1.29, 1.82) is 0 Å². The van der Waals surface area contributed by atoms with Crippen LogP contribution in [-0.2, 0) is 20.0 Å². The molecule has 118 valence electrons. The Morgan fingerprint density at radius 3 is 2.57 bits per heavy atom. The van der Waals surface area contributed by atoms with Crippen LogP contribution in [0.3, 0.4) is 0 Å². The van der Waals surface area contributed by atoms with Gasteiger partial charge in [0.2, 0.25) is 20.0 Å². The molecule has 9 heteroatoms. The third-order valence-electron chi connectivity index (χ3n) is 3.50. The molecule has 3 N–H and O–H groups in total. The summed E-state index contributed by atoms with van der Waals surface area (Å²) in [6.45, 7) is 1.00. The minimum Gasteiger partial charge on any atom is -0.318 e. The Balaban J connectivity index is 2.40. The highest BCUT2D eigenvalue weighted by molar-refractivity contribution is 7.90. The van der Waals surface area contributed by atoms with Gasteiger partial charge >= 0.3 is 0 Å². The smallest absolute Gasteiger partial charge is 0.243 e. The van der Waals surface area contributed by atoms with Gasteiger partial charge < -0.3 is 5.32 Å². The van der Waals surface area contributed by atoms with Crippen molar-refractivity contribution in [2.24, 2.45) is 5.14 Å². The second-order valence-electron chi connectivity index (χ2n) is 4.99. The summed E-state index contributed by atoms with van der Waals surface area (Å²) < 4.78 is 49.5. The lowest BCUT2D eigenvalue weighted by molar-refractivity contribution is 0.379. The average Bonchev–Trinajstić information content (AvgIpc) is 2.87. The summed E-state index contributed by atoms with van der Waals surface area (Å²) in [4.78, 5) is -0.245. The van der Waals surface area contributed by atoms with Gasteiger partial charge in [-0.25, -0.2) is 22.0 Å². The first kappa shape index (κ1) is 16.4. The summed E-state index contributed by atoms with van der Waals surface area (Å²) >= 11 is 0. The molecule has 0 spiro atoms. The van der Waals surface area contributed by atoms with Crippen molar-refractivity contribution in [3.63, 3.8) is 0 Å². The minimum atomic E-state index is -3.93. The predicted molar refractivity (Wildman–Crippen MR) is 78.7 cm³/mol. The van der Waals surface area contributed by atoms with E-state index < -0.39 is 20.0 Å². The standard InChI is InChI=1S/C12H19N3O4S2/c1-14-9-10-4-3-7-15(10)21(18,19)12-6-2-5-11(8-12)20(13,16)17/h2,5-6,8,10,14H,3-4,7,9H2,1H3,(H2,13,16,17). The first-order chi connectivity index (χ1) is 9.76. The number of rotatable bonds is 5. The van der Waals surface area contributed by atoms with Crippen molar-refractivity contribution in [3.8, 4) is 0 Å². The molecule has 0 aliphatic carbocycles. The average molecular weight is 333 g/mol. The minimum absolute atomic E-state index is 0.0444. The molecule has 1 fully saturated rings. The number of primary sulfonamides is 1. The predicted octanol–water partition coefficient (Wildman–Crippen LogP) is -0.293. The van der Waals surface area contributed by atoms with Crippen LogP contribution in [0, 0.1) is 0 Å². The van der Waals surface area contributed by atoms with Crippen LogP contribution in [0.1, 0.15) is 12.8 Å². The highest BCUT2D eigenvalue weighted by Gasteiger charge is 2.35. The SMILES string of the molecule is CNCC1CCCN1S(=O)(=O)c1cccc(S(N)(=O)=O)c1. The van der Waals surface area contributed by atoms with Gasteiger partial charge in [0.15, 0.2) is 0 Å². The van der Waals surface area contributed by atoms with Gasteiger partial charge in [0, 0.05) is 19.1 Å². The lowest BCUT2D eigenvalue weighted by atomic mass is 10.2. The van der Waals surface area contributed by atoms with E-state index in [1.54, 1.807) is 7.05 Å². The fourth-order valence-corrected chi connectivity index (χ4v) is 4.89. The van der Waals surface area contributed by atoms with Gasteiger partial charge in [-0.2, -0.15) is 4.31 Å². The number of nitrogens with one attached hydrogen (secondary N) is 1. The molecule has 21 heavy (non-hydrogen) atoms. The molecule has 1 aromatic rings. The molecule has 1 aliphatic heterocycles. The van der Waals surface area contributed by atoms with Gasteiger partial charge in [-0.1, -0.05) is 6.07 Å². The van der Waals surface area contributed by atoms with Crippen LogP contribution in [0.25, 0.3) is 0 Å². The van der Waals surface area contributed by atoms with Crippen molar-refractivity contribution in [3.05, 3.63) is 24.3 Å². The Bertz CT molecular complexity index is 716. The van der Waals surface area contributed by atoms with Gasteiger partial charge in [0.25, 0.3) is 0 Å². The summed E-state index contributed by atoms with van der Waals surface area (Å²) in [6, 6.07) is 5.05. The maximum absolute atomic E-state index is 12.7. The topological polar surface area (TPSA) is 110 Å². The second kappa shape index (κ2) is 6.01. The number of hydrogen-bond donors (Lipinski definition) is 2. The molecular weight excluding hydrogens is 314 g/mol. The maximum atomic E-state index is 12.7. The van der Waals surface area contributed by atoms with Crippen LogP contribution in [0.4, 0.5) is 0 Å². The summed E-state index contributed by atoms with van der Waals surface area (Å²) in [5.41, 5.74) is 0. The van der Waals surface area contributed by atoms with Crippen LogP contribution in [0.2, 0.25) is 0 Å². The van der Waals surface area contributed by atoms with Crippen molar-refractivity contribution in [2.75, 3.05) is 20.1 Å². The highest BCUT2D eigenvalue weighted by atomic mass is 32.2. The van der Waals surface area contributed by atoms with Crippen molar-refractivity contribution < 1.29 is 16.8 Å². The van der Waals surface area contributed by atoms with Gasteiger partial charge in [-0.05, 0) is 38.1 Å². The van der Waals surface area contributed by atoms with Crippen LogP contribution in [0.5, 0.6) is 0 Å². The highest BCUT2D eigenvalue weighted by Crippen LogP contribution is 2.26. The fraction of sp³-hybridized carbons (Fsp3) is 0.500. The van der Waals surface area contributed by atoms with E-state index in [0.717, 1.165) is 18.9 Å². The van der Waals surface area contributed by atoms with E-state index in [1.807, 2.05) is 0 Å². The Morgan fingerprint density at radius 1 is 1.29 bits per heavy atom. The molecule has 0 saturated carbocycles. The van der Waals surface area contributed by atoms with Crippen molar-refractivity contribution >= 4 is 20.0 Å². The summed E-state index contributed by atoms with van der Waals surface area (Å²) in [5, 5.41) is 8.03. The first-order valence-corrected chi connectivity index (χ1v) is 9.55. The number of likely N-dealkylation sites (N-methyl/N-ethyl adjacent to an activating group) is 1. The largest absolute Gasteiger partial charge is 0.318 e. The summed E-state index contributed by atoms with van der Waals surface area (Å²) in [7, 11) is -5.88. The van der Waals surface area contributed by atoms with Gasteiger partial charge in [-0.3, -0.25) is 0 Å². The molecule has 1 aliphatic rings. The second-order valence-corrected chi connectivity index (χ2v) is 8.44. The van der Waals surface area contributed by atoms with E-state index in [-0.39, 0.29) is 15.8 Å². The van der Waals surface area contributed by atoms with Gasteiger partial charge in [-0.15, -0.1) is 0 Å². The number of sulfonamides is 2. The number of nitrogens with zero attached hydrogens (tertiary/aromatic N) is 1. The van der Waals surface area contributed by atoms with Crippen LogP contribution >= 0.6 is 0 Å². The monoisotopic (exact) mass is 333 g/mol. The molecule has 2 rings (SSSR count). The van der Waals surface area contributed by atoms with E-state index >= 15 is 0 Å². The Labute approximate surface area is 125 Å². The number of hydrogen-bond acceptors (Lipinski definition) is 5. The quantitative estimate of drug-likeness (QED) is 0.769. The molecule has 1 heterocycles. The van der Waals surface area contributed by atoms with E-state index in [9.17, 15) is 16.8 Å². The molecule has 0 bridgehead atoms. The van der Waals surface area contributed by atoms with Crippen LogP contribution < -0.4 is 10.5 Å². The van der Waals surface area contributed by atoms with E-state index in [0.29, 0.717) is 13.1 Å². The fourth-order valence-electron chi connectivity index (χ4n) is 2.51. The Morgan fingerprint density at radius 2 is 1.95 bits per heavy atom. The van der Waals surface area contributed by atoms with Gasteiger partial charge in [0.1, 0.15) is 0 Å². The third kappa shape index (κ3) is 3.43. The number of nitrogens with two attached hydrogens (primary N) is 1. The molecule has 0 aromatic heterocycles. The zero-order chi connectivity index (χ0) is 15.7. The molecule has 0 radical (unpaired) electrons. The molecular formula is C12H19N3O4S2. The van der Waals surface area contributed by atoms with Crippen LogP contribution in [-0.4, -0.2) is 47.3 Å². The molecule has 1 atom stereocenters. The zero-order valence-corrected chi connectivity index (χ0v) is 13.3. The van der Waals surface area contributed by atoms with E-state index in [4.69, 9.17) is 5.14 Å². The van der Waals surface area contributed by atoms with Crippen molar-refractivity contribution in [2.45, 2.75) is 28.7 Å². The Kier molecular flexibility index (Phi) is 4.69. The summed E-state index contributed by atoms with van der Waals surface area (Å²) in [6.07, 6.45) is 1.58. The molecule has 1 aromatic carbocycles. The molecule has 1 saturated heterocycles. The number of benzene rings is 1. The third-order valence-corrected chi connectivity index (χ3v) is 6.36. The maximum Gasteiger partial charge on any atom is 0.243 e. The molecule has 0 amide bonds. The van der Waals surface area contributed by atoms with Crippen LogP contribution in [0.15, 0.2) is 34.1 Å². The molecule has 7 nitrogen and oxygen atoms in total. The summed E-state index contributed by atoms with van der Waals surface area (Å²) in [5.74, 6) is 0.